The minimum Gasteiger partial charge on any atom is -0.491 e. The van der Waals surface area contributed by atoms with Gasteiger partial charge < -0.3 is 9.84 Å². The summed E-state index contributed by atoms with van der Waals surface area (Å²) >= 11 is 0. The summed E-state index contributed by atoms with van der Waals surface area (Å²) in [4.78, 5) is 13.8. The highest BCUT2D eigenvalue weighted by Crippen LogP contribution is 2.14. The van der Waals surface area contributed by atoms with Gasteiger partial charge in [-0.15, -0.1) is 12.4 Å². The van der Waals surface area contributed by atoms with Crippen molar-refractivity contribution in [1.82, 2.24) is 4.90 Å². The highest BCUT2D eigenvalue weighted by atomic mass is 35.5. The molecule has 132 valence electrons. The zero-order chi connectivity index (χ0) is 16.7. The molecule has 1 aromatic carbocycles. The molecule has 0 spiro atoms. The molecule has 0 aliphatic carbocycles. The predicted octanol–water partition coefficient (Wildman–Crippen LogP) is 3.56. The van der Waals surface area contributed by atoms with E-state index in [1.807, 2.05) is 6.92 Å². The standard InChI is InChI=1S/C18H29NO3.ClH/c1-6-18(21)15-7-9-17(10-8-15)22-12-16(20)11-19(13(2)3)14(4)5;/h7-10,13-14,16,20H,6,11-12H2,1-5H3;1H. The lowest BCUT2D eigenvalue weighted by atomic mass is 10.1. The van der Waals surface area contributed by atoms with Gasteiger partial charge in [-0.25, -0.2) is 0 Å². The summed E-state index contributed by atoms with van der Waals surface area (Å²) in [5.41, 5.74) is 0.696. The molecule has 1 aromatic rings. The third-order valence-corrected chi connectivity index (χ3v) is 3.69. The van der Waals surface area contributed by atoms with Gasteiger partial charge in [0.2, 0.25) is 0 Å². The van der Waals surface area contributed by atoms with Gasteiger partial charge in [-0.2, -0.15) is 0 Å². The Labute approximate surface area is 146 Å². The van der Waals surface area contributed by atoms with Crippen LogP contribution in [0.1, 0.15) is 51.4 Å². The molecule has 0 amide bonds. The first kappa shape index (κ1) is 21.9. The van der Waals surface area contributed by atoms with E-state index in [0.29, 0.717) is 36.4 Å². The van der Waals surface area contributed by atoms with Crippen LogP contribution >= 0.6 is 12.4 Å². The Morgan fingerprint density at radius 2 is 1.65 bits per heavy atom. The molecule has 0 bridgehead atoms. The molecular weight excluding hydrogens is 314 g/mol. The molecule has 4 nitrogen and oxygen atoms in total. The fraction of sp³-hybridized carbons (Fsp3) is 0.611. The molecule has 1 unspecified atom stereocenters. The van der Waals surface area contributed by atoms with Crippen molar-refractivity contribution >= 4 is 18.2 Å². The fourth-order valence-corrected chi connectivity index (χ4v) is 2.45. The largest absolute Gasteiger partial charge is 0.491 e. The summed E-state index contributed by atoms with van der Waals surface area (Å²) in [6, 6.07) is 7.85. The minimum absolute atomic E-state index is 0. The SMILES string of the molecule is CCC(=O)c1ccc(OCC(O)CN(C(C)C)C(C)C)cc1.Cl. The van der Waals surface area contributed by atoms with Gasteiger partial charge in [-0.3, -0.25) is 9.69 Å². The molecule has 0 saturated heterocycles. The van der Waals surface area contributed by atoms with E-state index in [1.54, 1.807) is 24.3 Å². The Morgan fingerprint density at radius 3 is 2.09 bits per heavy atom. The van der Waals surface area contributed by atoms with Gasteiger partial charge in [0, 0.05) is 30.6 Å². The Balaban J connectivity index is 0.00000484. The van der Waals surface area contributed by atoms with Crippen molar-refractivity contribution < 1.29 is 14.6 Å². The maximum Gasteiger partial charge on any atom is 0.162 e. The van der Waals surface area contributed by atoms with Crippen LogP contribution < -0.4 is 4.74 Å². The molecule has 5 heteroatoms. The van der Waals surface area contributed by atoms with Crippen LogP contribution in [0.25, 0.3) is 0 Å². The van der Waals surface area contributed by atoms with E-state index in [2.05, 4.69) is 32.6 Å². The number of ketones is 1. The van der Waals surface area contributed by atoms with E-state index < -0.39 is 6.10 Å². The molecule has 23 heavy (non-hydrogen) atoms. The Hall–Kier alpha value is -1.10. The number of ether oxygens (including phenoxy) is 1. The van der Waals surface area contributed by atoms with Crippen molar-refractivity contribution in [1.29, 1.82) is 0 Å². The Kier molecular flexibility index (Phi) is 10.1. The van der Waals surface area contributed by atoms with Crippen molar-refractivity contribution in [2.75, 3.05) is 13.2 Å². The average Bonchev–Trinajstić information content (AvgIpc) is 2.49. The lowest BCUT2D eigenvalue weighted by Crippen LogP contribution is -2.43. The van der Waals surface area contributed by atoms with Crippen LogP contribution in [0.3, 0.4) is 0 Å². The predicted molar refractivity (Wildman–Crippen MR) is 96.8 cm³/mol. The van der Waals surface area contributed by atoms with E-state index in [0.717, 1.165) is 0 Å². The number of aliphatic hydroxyl groups excluding tert-OH is 1. The zero-order valence-electron chi connectivity index (χ0n) is 14.8. The number of benzene rings is 1. The highest BCUT2D eigenvalue weighted by molar-refractivity contribution is 5.95. The van der Waals surface area contributed by atoms with Crippen LogP contribution in [0.15, 0.2) is 24.3 Å². The first-order chi connectivity index (χ1) is 10.3. The third-order valence-electron chi connectivity index (χ3n) is 3.69. The number of halogens is 1. The van der Waals surface area contributed by atoms with Crippen LogP contribution in [-0.4, -0.2) is 47.1 Å². The van der Waals surface area contributed by atoms with Crippen LogP contribution in [0, 0.1) is 0 Å². The molecule has 0 heterocycles. The second-order valence-corrected chi connectivity index (χ2v) is 6.15. The number of Topliss-reactive ketones (excluding diaryl/α,β-unsaturated/α-hetero) is 1. The van der Waals surface area contributed by atoms with Gasteiger partial charge in [-0.1, -0.05) is 6.92 Å². The molecule has 1 rings (SSSR count). The molecule has 0 aromatic heterocycles. The Morgan fingerprint density at radius 1 is 1.13 bits per heavy atom. The van der Waals surface area contributed by atoms with Crippen LogP contribution in [-0.2, 0) is 0 Å². The normalized spacial score (nSPS) is 12.4. The van der Waals surface area contributed by atoms with Crippen molar-refractivity contribution in [2.45, 2.75) is 59.2 Å². The molecule has 1 N–H and O–H groups in total. The molecule has 0 saturated carbocycles. The maximum atomic E-state index is 11.6. The van der Waals surface area contributed by atoms with Gasteiger partial charge in [0.25, 0.3) is 0 Å². The summed E-state index contributed by atoms with van der Waals surface area (Å²) in [6.45, 7) is 11.2. The quantitative estimate of drug-likeness (QED) is 0.696. The summed E-state index contributed by atoms with van der Waals surface area (Å²) in [5, 5.41) is 10.1. The van der Waals surface area contributed by atoms with Gasteiger partial charge in [0.1, 0.15) is 18.5 Å². The fourth-order valence-electron chi connectivity index (χ4n) is 2.45. The van der Waals surface area contributed by atoms with E-state index in [-0.39, 0.29) is 24.8 Å². The average molecular weight is 344 g/mol. The first-order valence-electron chi connectivity index (χ1n) is 8.05. The highest BCUT2D eigenvalue weighted by Gasteiger charge is 2.18. The van der Waals surface area contributed by atoms with Crippen molar-refractivity contribution in [2.24, 2.45) is 0 Å². The zero-order valence-corrected chi connectivity index (χ0v) is 15.6. The number of hydrogen-bond acceptors (Lipinski definition) is 4. The molecular formula is C18H30ClNO3. The van der Waals surface area contributed by atoms with Crippen LogP contribution in [0.2, 0.25) is 0 Å². The van der Waals surface area contributed by atoms with Crippen LogP contribution in [0.4, 0.5) is 0 Å². The van der Waals surface area contributed by atoms with Crippen molar-refractivity contribution in [3.63, 3.8) is 0 Å². The van der Waals surface area contributed by atoms with Gasteiger partial charge in [-0.05, 0) is 52.0 Å². The summed E-state index contributed by atoms with van der Waals surface area (Å²) in [6.07, 6.45) is -0.0409. The van der Waals surface area contributed by atoms with E-state index >= 15 is 0 Å². The summed E-state index contributed by atoms with van der Waals surface area (Å²) in [7, 11) is 0. The van der Waals surface area contributed by atoms with E-state index in [1.165, 1.54) is 0 Å². The summed E-state index contributed by atoms with van der Waals surface area (Å²) in [5.74, 6) is 0.795. The number of rotatable bonds is 9. The molecule has 0 radical (unpaired) electrons. The third kappa shape index (κ3) is 7.34. The molecule has 0 aliphatic heterocycles. The lowest BCUT2D eigenvalue weighted by molar-refractivity contribution is 0.0445. The topological polar surface area (TPSA) is 49.8 Å². The summed E-state index contributed by atoms with van der Waals surface area (Å²) < 4.78 is 5.61. The number of carbonyl (C=O) groups is 1. The lowest BCUT2D eigenvalue weighted by Gasteiger charge is -2.32. The van der Waals surface area contributed by atoms with Gasteiger partial charge in [0.15, 0.2) is 5.78 Å². The number of nitrogens with zero attached hydrogens (tertiary/aromatic N) is 1. The number of hydrogen-bond donors (Lipinski definition) is 1. The van der Waals surface area contributed by atoms with Crippen LogP contribution in [0.5, 0.6) is 5.75 Å². The van der Waals surface area contributed by atoms with E-state index in [9.17, 15) is 9.90 Å². The van der Waals surface area contributed by atoms with Crippen molar-refractivity contribution in [3.8, 4) is 5.75 Å². The monoisotopic (exact) mass is 343 g/mol. The second-order valence-electron chi connectivity index (χ2n) is 6.15. The Bertz CT molecular complexity index is 452. The molecule has 0 aliphatic rings. The maximum absolute atomic E-state index is 11.6. The van der Waals surface area contributed by atoms with Gasteiger partial charge in [0.05, 0.1) is 0 Å². The second kappa shape index (κ2) is 10.6. The van der Waals surface area contributed by atoms with E-state index in [4.69, 9.17) is 4.74 Å². The van der Waals surface area contributed by atoms with Crippen molar-refractivity contribution in [3.05, 3.63) is 29.8 Å². The molecule has 1 atom stereocenters. The minimum atomic E-state index is -0.540. The number of aliphatic hydroxyl groups is 1. The molecule has 0 fully saturated rings. The van der Waals surface area contributed by atoms with Gasteiger partial charge >= 0.3 is 0 Å². The number of carbonyl (C=O) groups excluding carboxylic acids is 1. The smallest absolute Gasteiger partial charge is 0.162 e. The first-order valence-corrected chi connectivity index (χ1v) is 8.05.